The molecule has 20 heavy (non-hydrogen) atoms. The molecule has 0 atom stereocenters. The highest BCUT2D eigenvalue weighted by atomic mass is 32.1. The van der Waals surface area contributed by atoms with Crippen LogP contribution in [0.3, 0.4) is 0 Å². The molecule has 0 fully saturated rings. The second-order valence-corrected chi connectivity index (χ2v) is 5.16. The van der Waals surface area contributed by atoms with Crippen LogP contribution in [0.15, 0.2) is 4.42 Å². The van der Waals surface area contributed by atoms with E-state index < -0.39 is 0 Å². The van der Waals surface area contributed by atoms with Crippen molar-refractivity contribution in [3.05, 3.63) is 22.4 Å². The number of rotatable bonds is 6. The molecule has 8 heteroatoms. The van der Waals surface area contributed by atoms with E-state index in [4.69, 9.17) is 4.42 Å². The molecule has 1 amide bonds. The number of hydrogen-bond donors (Lipinski definition) is 0. The Kier molecular flexibility index (Phi) is 4.78. The summed E-state index contributed by atoms with van der Waals surface area (Å²) in [6.07, 6.45) is 2.37. The average Bonchev–Trinajstić information content (AvgIpc) is 3.07. The minimum atomic E-state index is -0.111. The zero-order valence-corrected chi connectivity index (χ0v) is 12.6. The first kappa shape index (κ1) is 14.6. The van der Waals surface area contributed by atoms with Crippen LogP contribution < -0.4 is 0 Å². The normalized spacial score (nSPS) is 10.8. The third kappa shape index (κ3) is 3.19. The molecule has 7 nitrogen and oxygen atoms in total. The van der Waals surface area contributed by atoms with Crippen molar-refractivity contribution < 1.29 is 9.21 Å². The standard InChI is InChI=1S/C12H17N5O2S/c1-4-6-8-11(20-16-13-8)12(18)17(3)7-10-15-14-9(5-2)19-10/h4-7H2,1-3H3. The molecule has 0 aliphatic rings. The van der Waals surface area contributed by atoms with Gasteiger partial charge < -0.3 is 9.32 Å². The summed E-state index contributed by atoms with van der Waals surface area (Å²) in [5, 5.41) is 11.8. The number of aryl methyl sites for hydroxylation is 2. The van der Waals surface area contributed by atoms with Crippen LogP contribution in [0.4, 0.5) is 0 Å². The summed E-state index contributed by atoms with van der Waals surface area (Å²) in [6, 6.07) is 0. The molecule has 0 radical (unpaired) electrons. The van der Waals surface area contributed by atoms with E-state index in [0.29, 0.717) is 23.1 Å². The largest absolute Gasteiger partial charge is 0.423 e. The van der Waals surface area contributed by atoms with Crippen LogP contribution in [0.25, 0.3) is 0 Å². The molecule has 2 aromatic rings. The lowest BCUT2D eigenvalue weighted by Gasteiger charge is -2.13. The Balaban J connectivity index is 2.06. The molecule has 2 heterocycles. The molecule has 2 rings (SSSR count). The van der Waals surface area contributed by atoms with Gasteiger partial charge in [0.1, 0.15) is 4.88 Å². The molecule has 0 spiro atoms. The van der Waals surface area contributed by atoms with Gasteiger partial charge in [-0.25, -0.2) is 0 Å². The molecule has 0 aliphatic heterocycles. The maximum atomic E-state index is 12.3. The number of carbonyl (C=O) groups is 1. The lowest BCUT2D eigenvalue weighted by Crippen LogP contribution is -2.26. The van der Waals surface area contributed by atoms with Gasteiger partial charge in [0.2, 0.25) is 11.8 Å². The fourth-order valence-corrected chi connectivity index (χ4v) is 2.42. The van der Waals surface area contributed by atoms with E-state index in [2.05, 4.69) is 19.8 Å². The molecule has 108 valence electrons. The van der Waals surface area contributed by atoms with Gasteiger partial charge in [0.15, 0.2) is 0 Å². The summed E-state index contributed by atoms with van der Waals surface area (Å²) in [5.41, 5.74) is 0.758. The van der Waals surface area contributed by atoms with Crippen LogP contribution in [0, 0.1) is 0 Å². The lowest BCUT2D eigenvalue weighted by molar-refractivity contribution is 0.0775. The van der Waals surface area contributed by atoms with Gasteiger partial charge in [-0.2, -0.15) is 0 Å². The van der Waals surface area contributed by atoms with E-state index >= 15 is 0 Å². The topological polar surface area (TPSA) is 85.0 Å². The maximum Gasteiger partial charge on any atom is 0.267 e. The molecule has 0 aliphatic carbocycles. The van der Waals surface area contributed by atoms with Crippen LogP contribution in [-0.4, -0.2) is 37.6 Å². The van der Waals surface area contributed by atoms with Crippen molar-refractivity contribution in [3.63, 3.8) is 0 Å². The zero-order chi connectivity index (χ0) is 14.5. The number of carbonyl (C=O) groups excluding carboxylic acids is 1. The third-order valence-electron chi connectivity index (χ3n) is 2.77. The molecule has 0 saturated carbocycles. The summed E-state index contributed by atoms with van der Waals surface area (Å²) in [5.74, 6) is 0.902. The van der Waals surface area contributed by atoms with Gasteiger partial charge in [0.05, 0.1) is 12.2 Å². The van der Waals surface area contributed by atoms with Gasteiger partial charge in [0, 0.05) is 13.5 Å². The summed E-state index contributed by atoms with van der Waals surface area (Å²) in [7, 11) is 1.70. The molecular formula is C12H17N5O2S. The van der Waals surface area contributed by atoms with Gasteiger partial charge in [-0.15, -0.1) is 15.3 Å². The maximum absolute atomic E-state index is 12.3. The van der Waals surface area contributed by atoms with Crippen molar-refractivity contribution in [2.24, 2.45) is 0 Å². The molecule has 0 bridgehead atoms. The quantitative estimate of drug-likeness (QED) is 0.806. The Morgan fingerprint density at radius 1 is 1.25 bits per heavy atom. The smallest absolute Gasteiger partial charge is 0.267 e. The van der Waals surface area contributed by atoms with Gasteiger partial charge in [-0.3, -0.25) is 4.79 Å². The van der Waals surface area contributed by atoms with E-state index in [-0.39, 0.29) is 12.5 Å². The van der Waals surface area contributed by atoms with E-state index in [1.807, 2.05) is 13.8 Å². The molecule has 0 unspecified atom stereocenters. The predicted molar refractivity (Wildman–Crippen MR) is 73.4 cm³/mol. The second kappa shape index (κ2) is 6.56. The summed E-state index contributed by atoms with van der Waals surface area (Å²) in [6.45, 7) is 4.27. The van der Waals surface area contributed by atoms with Gasteiger partial charge >= 0.3 is 0 Å². The first-order valence-corrected chi connectivity index (χ1v) is 7.31. The molecular weight excluding hydrogens is 278 g/mol. The zero-order valence-electron chi connectivity index (χ0n) is 11.8. The van der Waals surface area contributed by atoms with Crippen molar-refractivity contribution in [1.29, 1.82) is 0 Å². The summed E-state index contributed by atoms with van der Waals surface area (Å²) >= 11 is 1.13. The fourth-order valence-electron chi connectivity index (χ4n) is 1.71. The fraction of sp³-hybridized carbons (Fsp3) is 0.583. The number of nitrogens with zero attached hydrogens (tertiary/aromatic N) is 5. The number of amides is 1. The first-order valence-electron chi connectivity index (χ1n) is 6.53. The Labute approximate surface area is 121 Å². The predicted octanol–water partition coefficient (Wildman–Crippen LogP) is 1.71. The molecule has 0 aromatic carbocycles. The minimum Gasteiger partial charge on any atom is -0.423 e. The highest BCUT2D eigenvalue weighted by molar-refractivity contribution is 7.07. The highest BCUT2D eigenvalue weighted by Crippen LogP contribution is 2.16. The average molecular weight is 295 g/mol. The lowest BCUT2D eigenvalue weighted by atomic mass is 10.2. The first-order chi connectivity index (χ1) is 9.65. The summed E-state index contributed by atoms with van der Waals surface area (Å²) < 4.78 is 9.27. The van der Waals surface area contributed by atoms with Crippen LogP contribution in [0.2, 0.25) is 0 Å². The molecule has 0 saturated heterocycles. The van der Waals surface area contributed by atoms with Crippen molar-refractivity contribution in [1.82, 2.24) is 24.7 Å². The van der Waals surface area contributed by atoms with Crippen LogP contribution in [-0.2, 0) is 19.4 Å². The van der Waals surface area contributed by atoms with Crippen molar-refractivity contribution in [3.8, 4) is 0 Å². The van der Waals surface area contributed by atoms with Crippen molar-refractivity contribution >= 4 is 17.4 Å². The molecule has 2 aromatic heterocycles. The van der Waals surface area contributed by atoms with Gasteiger partial charge in [-0.1, -0.05) is 24.8 Å². The number of hydrogen-bond acceptors (Lipinski definition) is 7. The summed E-state index contributed by atoms with van der Waals surface area (Å²) in [4.78, 5) is 14.5. The van der Waals surface area contributed by atoms with Crippen LogP contribution >= 0.6 is 11.5 Å². The second-order valence-electron chi connectivity index (χ2n) is 4.40. The van der Waals surface area contributed by atoms with Crippen LogP contribution in [0.1, 0.15) is 47.4 Å². The Hall–Kier alpha value is -1.83. The third-order valence-corrected chi connectivity index (χ3v) is 3.52. The monoisotopic (exact) mass is 295 g/mol. The van der Waals surface area contributed by atoms with Crippen LogP contribution in [0.5, 0.6) is 0 Å². The van der Waals surface area contributed by atoms with E-state index in [1.54, 1.807) is 11.9 Å². The van der Waals surface area contributed by atoms with Gasteiger partial charge in [-0.05, 0) is 18.0 Å². The van der Waals surface area contributed by atoms with Crippen molar-refractivity contribution in [2.45, 2.75) is 39.7 Å². The highest BCUT2D eigenvalue weighted by Gasteiger charge is 2.21. The van der Waals surface area contributed by atoms with Crippen molar-refractivity contribution in [2.75, 3.05) is 7.05 Å². The minimum absolute atomic E-state index is 0.111. The van der Waals surface area contributed by atoms with Gasteiger partial charge in [0.25, 0.3) is 5.91 Å². The Bertz CT molecular complexity index is 580. The van der Waals surface area contributed by atoms with E-state index in [9.17, 15) is 4.79 Å². The SMILES string of the molecule is CCCc1nnsc1C(=O)N(C)Cc1nnc(CC)o1. The van der Waals surface area contributed by atoms with E-state index in [0.717, 1.165) is 30.1 Å². The Morgan fingerprint density at radius 2 is 2.00 bits per heavy atom. The Morgan fingerprint density at radius 3 is 2.65 bits per heavy atom. The number of aromatic nitrogens is 4. The molecule has 0 N–H and O–H groups in total. The van der Waals surface area contributed by atoms with E-state index in [1.165, 1.54) is 0 Å².